The van der Waals surface area contributed by atoms with Gasteiger partial charge in [-0.15, -0.1) is 0 Å². The molecule has 1 fully saturated rings. The van der Waals surface area contributed by atoms with Crippen molar-refractivity contribution in [3.63, 3.8) is 0 Å². The Balaban J connectivity index is 1.92. The van der Waals surface area contributed by atoms with Crippen LogP contribution in [0.5, 0.6) is 11.5 Å². The van der Waals surface area contributed by atoms with Crippen LogP contribution in [0.1, 0.15) is 42.1 Å². The van der Waals surface area contributed by atoms with Gasteiger partial charge in [0.2, 0.25) is 5.91 Å². The summed E-state index contributed by atoms with van der Waals surface area (Å²) < 4.78 is 11.0. The van der Waals surface area contributed by atoms with Crippen LogP contribution in [0.3, 0.4) is 0 Å². The molecule has 1 aliphatic rings. The summed E-state index contributed by atoms with van der Waals surface area (Å²) in [4.78, 5) is 28.1. The second-order valence-corrected chi connectivity index (χ2v) is 8.89. The number of methoxy groups -OCH3 is 2. The molecule has 1 saturated heterocycles. The van der Waals surface area contributed by atoms with Gasteiger partial charge < -0.3 is 19.7 Å². The summed E-state index contributed by atoms with van der Waals surface area (Å²) in [5.74, 6) is 0.958. The Bertz CT molecular complexity index is 963. The number of benzene rings is 2. The Hall–Kier alpha value is -2.73. The summed E-state index contributed by atoms with van der Waals surface area (Å²) in [5.41, 5.74) is 1.29. The molecule has 0 spiro atoms. The highest BCUT2D eigenvalue weighted by molar-refractivity contribution is 6.33. The molecular formula is C25H31ClN2O4. The SMILES string of the molecule is COc1ccc(OC)c([C@@H]2CN(C(=O)c3ccccc3Cl)C[C@H]2C(=O)NCCC(C)C)c1. The number of hydrogen-bond acceptors (Lipinski definition) is 4. The molecule has 0 bridgehead atoms. The molecule has 0 aromatic heterocycles. The summed E-state index contributed by atoms with van der Waals surface area (Å²) in [5, 5.41) is 3.46. The van der Waals surface area contributed by atoms with Crippen LogP contribution in [0.15, 0.2) is 42.5 Å². The first-order valence-electron chi connectivity index (χ1n) is 10.9. The summed E-state index contributed by atoms with van der Waals surface area (Å²) in [6.45, 7) is 5.54. The van der Waals surface area contributed by atoms with E-state index in [9.17, 15) is 9.59 Å². The maximum absolute atomic E-state index is 13.2. The van der Waals surface area contributed by atoms with Crippen molar-refractivity contribution in [3.8, 4) is 11.5 Å². The largest absolute Gasteiger partial charge is 0.497 e. The van der Waals surface area contributed by atoms with Gasteiger partial charge in [0.1, 0.15) is 11.5 Å². The molecule has 172 valence electrons. The summed E-state index contributed by atoms with van der Waals surface area (Å²) in [6, 6.07) is 12.5. The number of carbonyl (C=O) groups excluding carboxylic acids is 2. The molecular weight excluding hydrogens is 428 g/mol. The summed E-state index contributed by atoms with van der Waals surface area (Å²) >= 11 is 6.27. The molecule has 32 heavy (non-hydrogen) atoms. The Labute approximate surface area is 194 Å². The first-order chi connectivity index (χ1) is 15.3. The summed E-state index contributed by atoms with van der Waals surface area (Å²) in [6.07, 6.45) is 0.897. The second-order valence-electron chi connectivity index (χ2n) is 8.48. The molecule has 1 N–H and O–H groups in total. The number of ether oxygens (including phenoxy) is 2. The fourth-order valence-corrected chi connectivity index (χ4v) is 4.32. The molecule has 2 atom stereocenters. The van der Waals surface area contributed by atoms with Gasteiger partial charge in [0.05, 0.1) is 30.7 Å². The third kappa shape index (κ3) is 5.36. The van der Waals surface area contributed by atoms with Gasteiger partial charge in [-0.3, -0.25) is 9.59 Å². The van der Waals surface area contributed by atoms with Crippen LogP contribution in [0.2, 0.25) is 5.02 Å². The highest BCUT2D eigenvalue weighted by atomic mass is 35.5. The lowest BCUT2D eigenvalue weighted by atomic mass is 9.87. The van der Waals surface area contributed by atoms with Crippen molar-refractivity contribution in [3.05, 3.63) is 58.6 Å². The first kappa shape index (κ1) is 23.9. The third-order valence-electron chi connectivity index (χ3n) is 5.91. The zero-order valence-electron chi connectivity index (χ0n) is 19.1. The highest BCUT2D eigenvalue weighted by Crippen LogP contribution is 2.40. The van der Waals surface area contributed by atoms with Crippen LogP contribution in [0.25, 0.3) is 0 Å². The Morgan fingerprint density at radius 3 is 2.53 bits per heavy atom. The number of hydrogen-bond donors (Lipinski definition) is 1. The van der Waals surface area contributed by atoms with Gasteiger partial charge in [-0.05, 0) is 42.7 Å². The van der Waals surface area contributed by atoms with Gasteiger partial charge in [0, 0.05) is 31.1 Å². The van der Waals surface area contributed by atoms with E-state index in [2.05, 4.69) is 19.2 Å². The maximum Gasteiger partial charge on any atom is 0.255 e. The molecule has 0 unspecified atom stereocenters. The van der Waals surface area contributed by atoms with Crippen molar-refractivity contribution < 1.29 is 19.1 Å². The number of rotatable bonds is 8. The molecule has 3 rings (SSSR count). The quantitative estimate of drug-likeness (QED) is 0.637. The minimum atomic E-state index is -0.408. The van der Waals surface area contributed by atoms with Crippen LogP contribution in [0, 0.1) is 11.8 Å². The minimum Gasteiger partial charge on any atom is -0.497 e. The molecule has 6 nitrogen and oxygen atoms in total. The van der Waals surface area contributed by atoms with Crippen molar-refractivity contribution in [2.75, 3.05) is 33.9 Å². The number of nitrogens with one attached hydrogen (secondary N) is 1. The third-order valence-corrected chi connectivity index (χ3v) is 6.23. The predicted molar refractivity (Wildman–Crippen MR) is 126 cm³/mol. The van der Waals surface area contributed by atoms with Crippen LogP contribution in [0.4, 0.5) is 0 Å². The molecule has 1 heterocycles. The van der Waals surface area contributed by atoms with Gasteiger partial charge in [-0.2, -0.15) is 0 Å². The van der Waals surface area contributed by atoms with E-state index >= 15 is 0 Å². The van der Waals surface area contributed by atoms with E-state index < -0.39 is 5.92 Å². The van der Waals surface area contributed by atoms with E-state index in [0.29, 0.717) is 47.6 Å². The Morgan fingerprint density at radius 1 is 1.12 bits per heavy atom. The van der Waals surface area contributed by atoms with Crippen LogP contribution in [-0.2, 0) is 4.79 Å². The van der Waals surface area contributed by atoms with Crippen LogP contribution < -0.4 is 14.8 Å². The number of amides is 2. The summed E-state index contributed by atoms with van der Waals surface area (Å²) in [7, 11) is 3.20. The molecule has 1 aliphatic heterocycles. The van der Waals surface area contributed by atoms with Gasteiger partial charge in [0.25, 0.3) is 5.91 Å². The average Bonchev–Trinajstić information content (AvgIpc) is 3.23. The monoisotopic (exact) mass is 458 g/mol. The van der Waals surface area contributed by atoms with Crippen molar-refractivity contribution >= 4 is 23.4 Å². The molecule has 2 aromatic carbocycles. The zero-order valence-corrected chi connectivity index (χ0v) is 19.8. The lowest BCUT2D eigenvalue weighted by Gasteiger charge is -2.21. The average molecular weight is 459 g/mol. The van der Waals surface area contributed by atoms with E-state index in [4.69, 9.17) is 21.1 Å². The standard InChI is InChI=1S/C25H31ClN2O4/c1-16(2)11-12-27-24(29)21-15-28(25(30)18-7-5-6-8-22(18)26)14-20(21)19-13-17(31-3)9-10-23(19)32-4/h5-10,13,16,20-21H,11-12,14-15H2,1-4H3,(H,27,29)/t20-,21+/m0/s1. The molecule has 0 saturated carbocycles. The highest BCUT2D eigenvalue weighted by Gasteiger charge is 2.42. The smallest absolute Gasteiger partial charge is 0.255 e. The minimum absolute atomic E-state index is 0.0602. The van der Waals surface area contributed by atoms with Gasteiger partial charge in [0.15, 0.2) is 0 Å². The lowest BCUT2D eigenvalue weighted by Crippen LogP contribution is -2.36. The van der Waals surface area contributed by atoms with E-state index in [0.717, 1.165) is 12.0 Å². The van der Waals surface area contributed by atoms with Gasteiger partial charge in [-0.25, -0.2) is 0 Å². The Kier molecular flexibility index (Phi) is 8.02. The topological polar surface area (TPSA) is 67.9 Å². The normalized spacial score (nSPS) is 18.0. The van der Waals surface area contributed by atoms with Gasteiger partial charge in [-0.1, -0.05) is 37.6 Å². The number of carbonyl (C=O) groups is 2. The number of nitrogens with zero attached hydrogens (tertiary/aromatic N) is 1. The van der Waals surface area contributed by atoms with Crippen molar-refractivity contribution in [2.45, 2.75) is 26.2 Å². The second kappa shape index (κ2) is 10.7. The van der Waals surface area contributed by atoms with E-state index in [1.165, 1.54) is 0 Å². The maximum atomic E-state index is 13.2. The van der Waals surface area contributed by atoms with Gasteiger partial charge >= 0.3 is 0 Å². The predicted octanol–water partition coefficient (Wildman–Crippen LogP) is 4.38. The number of halogens is 1. The van der Waals surface area contributed by atoms with Crippen LogP contribution in [-0.4, -0.2) is 50.6 Å². The first-order valence-corrected chi connectivity index (χ1v) is 11.3. The molecule has 2 amide bonds. The number of likely N-dealkylation sites (tertiary alicyclic amines) is 1. The van der Waals surface area contributed by atoms with E-state index in [-0.39, 0.29) is 17.7 Å². The Morgan fingerprint density at radius 2 is 1.88 bits per heavy atom. The van der Waals surface area contributed by atoms with Crippen molar-refractivity contribution in [2.24, 2.45) is 11.8 Å². The van der Waals surface area contributed by atoms with Crippen molar-refractivity contribution in [1.29, 1.82) is 0 Å². The van der Waals surface area contributed by atoms with E-state index in [1.807, 2.05) is 18.2 Å². The lowest BCUT2D eigenvalue weighted by molar-refractivity contribution is -0.124. The fraction of sp³-hybridized carbons (Fsp3) is 0.440. The zero-order chi connectivity index (χ0) is 23.3. The van der Waals surface area contributed by atoms with Crippen LogP contribution >= 0.6 is 11.6 Å². The van der Waals surface area contributed by atoms with E-state index in [1.54, 1.807) is 43.4 Å². The van der Waals surface area contributed by atoms with Crippen molar-refractivity contribution in [1.82, 2.24) is 10.2 Å². The molecule has 2 aromatic rings. The fourth-order valence-electron chi connectivity index (χ4n) is 4.10. The molecule has 0 radical (unpaired) electrons. The molecule has 0 aliphatic carbocycles. The molecule has 7 heteroatoms.